The summed E-state index contributed by atoms with van der Waals surface area (Å²) in [5.74, 6) is 0. The molecule has 1 N–H and O–H groups in total. The standard InChI is InChI=1S/C17H18N4O3/c22-17(19-12-14-4-1-2-5-16(14)21(23)24)20-11-3-6-15(20)13-7-9-18-10-8-13/h1-2,4-5,7-10,15H,3,6,11-12H2,(H,19,22)/t15-/m0/s1. The number of carbonyl (C=O) groups is 1. The van der Waals surface area contributed by atoms with Crippen molar-refractivity contribution < 1.29 is 9.72 Å². The topological polar surface area (TPSA) is 88.4 Å². The minimum atomic E-state index is -0.433. The van der Waals surface area contributed by atoms with Gasteiger partial charge in [-0.05, 0) is 30.5 Å². The zero-order valence-electron chi connectivity index (χ0n) is 13.1. The Labute approximate surface area is 139 Å². The molecule has 2 heterocycles. The highest BCUT2D eigenvalue weighted by Crippen LogP contribution is 2.31. The molecule has 7 heteroatoms. The summed E-state index contributed by atoms with van der Waals surface area (Å²) in [5, 5.41) is 13.8. The van der Waals surface area contributed by atoms with Crippen molar-refractivity contribution in [1.29, 1.82) is 0 Å². The Bertz CT molecular complexity index is 736. The Kier molecular flexibility index (Phi) is 4.69. The molecule has 0 bridgehead atoms. The number of para-hydroxylation sites is 1. The zero-order chi connectivity index (χ0) is 16.9. The van der Waals surface area contributed by atoms with Gasteiger partial charge >= 0.3 is 6.03 Å². The number of urea groups is 1. The fraction of sp³-hybridized carbons (Fsp3) is 0.294. The molecular formula is C17H18N4O3. The highest BCUT2D eigenvalue weighted by atomic mass is 16.6. The fourth-order valence-corrected chi connectivity index (χ4v) is 3.05. The van der Waals surface area contributed by atoms with Gasteiger partial charge in [-0.2, -0.15) is 0 Å². The number of hydrogen-bond donors (Lipinski definition) is 1. The van der Waals surface area contributed by atoms with E-state index in [1.165, 1.54) is 6.07 Å². The molecule has 0 aliphatic carbocycles. The van der Waals surface area contributed by atoms with E-state index in [0.29, 0.717) is 12.1 Å². The number of nitro groups is 1. The van der Waals surface area contributed by atoms with Crippen molar-refractivity contribution in [2.45, 2.75) is 25.4 Å². The monoisotopic (exact) mass is 326 g/mol. The van der Waals surface area contributed by atoms with Crippen LogP contribution >= 0.6 is 0 Å². The van der Waals surface area contributed by atoms with Crippen LogP contribution in [0.2, 0.25) is 0 Å². The largest absolute Gasteiger partial charge is 0.334 e. The number of aromatic nitrogens is 1. The highest BCUT2D eigenvalue weighted by Gasteiger charge is 2.30. The first-order valence-corrected chi connectivity index (χ1v) is 7.83. The van der Waals surface area contributed by atoms with Crippen molar-refractivity contribution >= 4 is 11.7 Å². The van der Waals surface area contributed by atoms with Crippen LogP contribution in [0.3, 0.4) is 0 Å². The van der Waals surface area contributed by atoms with Gasteiger partial charge in [0.05, 0.1) is 17.5 Å². The van der Waals surface area contributed by atoms with Crippen LogP contribution in [0.25, 0.3) is 0 Å². The second-order valence-electron chi connectivity index (χ2n) is 5.68. The number of benzene rings is 1. The molecule has 1 aromatic carbocycles. The van der Waals surface area contributed by atoms with Gasteiger partial charge in [-0.15, -0.1) is 0 Å². The Morgan fingerprint density at radius 1 is 1.29 bits per heavy atom. The molecule has 1 saturated heterocycles. The van der Waals surface area contributed by atoms with Crippen LogP contribution in [-0.2, 0) is 6.54 Å². The lowest BCUT2D eigenvalue weighted by molar-refractivity contribution is -0.385. The van der Waals surface area contributed by atoms with Crippen molar-refractivity contribution in [2.75, 3.05) is 6.54 Å². The quantitative estimate of drug-likeness (QED) is 0.691. The average Bonchev–Trinajstić information content (AvgIpc) is 3.10. The number of nitrogens with one attached hydrogen (secondary N) is 1. The van der Waals surface area contributed by atoms with Gasteiger partial charge in [0.2, 0.25) is 0 Å². The Hall–Kier alpha value is -2.96. The number of likely N-dealkylation sites (tertiary alicyclic amines) is 1. The summed E-state index contributed by atoms with van der Waals surface area (Å²) >= 11 is 0. The van der Waals surface area contributed by atoms with E-state index in [-0.39, 0.29) is 24.3 Å². The predicted molar refractivity (Wildman–Crippen MR) is 88.3 cm³/mol. The molecule has 1 aliphatic heterocycles. The summed E-state index contributed by atoms with van der Waals surface area (Å²) in [6, 6.07) is 10.1. The number of nitrogens with zero attached hydrogens (tertiary/aromatic N) is 3. The smallest absolute Gasteiger partial charge is 0.318 e. The van der Waals surface area contributed by atoms with E-state index in [0.717, 1.165) is 18.4 Å². The maximum absolute atomic E-state index is 12.5. The van der Waals surface area contributed by atoms with E-state index in [1.807, 2.05) is 12.1 Å². The molecule has 7 nitrogen and oxygen atoms in total. The van der Waals surface area contributed by atoms with Crippen molar-refractivity contribution in [3.05, 3.63) is 70.0 Å². The molecule has 0 unspecified atom stereocenters. The average molecular weight is 326 g/mol. The third-order valence-electron chi connectivity index (χ3n) is 4.22. The number of carbonyl (C=O) groups excluding carboxylic acids is 1. The SMILES string of the molecule is O=C(NCc1ccccc1[N+](=O)[O-])N1CCC[C@H]1c1ccncc1. The Morgan fingerprint density at radius 2 is 2.04 bits per heavy atom. The maximum Gasteiger partial charge on any atom is 0.318 e. The van der Waals surface area contributed by atoms with E-state index < -0.39 is 4.92 Å². The minimum absolute atomic E-state index is 0.0184. The predicted octanol–water partition coefficient (Wildman–Crippen LogP) is 3.04. The van der Waals surface area contributed by atoms with Crippen molar-refractivity contribution in [3.8, 4) is 0 Å². The molecule has 1 atom stereocenters. The number of amides is 2. The lowest BCUT2D eigenvalue weighted by atomic mass is 10.1. The number of nitro benzene ring substituents is 1. The van der Waals surface area contributed by atoms with Gasteiger partial charge < -0.3 is 10.2 Å². The van der Waals surface area contributed by atoms with Gasteiger partial charge in [-0.3, -0.25) is 15.1 Å². The van der Waals surface area contributed by atoms with E-state index in [4.69, 9.17) is 0 Å². The van der Waals surface area contributed by atoms with Crippen LogP contribution in [0.15, 0.2) is 48.8 Å². The summed E-state index contributed by atoms with van der Waals surface area (Å²) < 4.78 is 0. The third-order valence-corrected chi connectivity index (χ3v) is 4.22. The minimum Gasteiger partial charge on any atom is -0.334 e. The first kappa shape index (κ1) is 15.9. The lowest BCUT2D eigenvalue weighted by Gasteiger charge is -2.25. The van der Waals surface area contributed by atoms with Crippen LogP contribution in [0.1, 0.15) is 30.0 Å². The maximum atomic E-state index is 12.5. The molecule has 24 heavy (non-hydrogen) atoms. The summed E-state index contributed by atoms with van der Waals surface area (Å²) in [7, 11) is 0. The molecule has 0 radical (unpaired) electrons. The summed E-state index contributed by atoms with van der Waals surface area (Å²) in [4.78, 5) is 28.9. The first-order valence-electron chi connectivity index (χ1n) is 7.83. The normalized spacial score (nSPS) is 16.8. The van der Waals surface area contributed by atoms with E-state index in [1.54, 1.807) is 35.5 Å². The van der Waals surface area contributed by atoms with Crippen LogP contribution in [0.4, 0.5) is 10.5 Å². The number of rotatable bonds is 4. The van der Waals surface area contributed by atoms with Crippen molar-refractivity contribution in [2.24, 2.45) is 0 Å². The molecule has 2 amide bonds. The summed E-state index contributed by atoms with van der Waals surface area (Å²) in [6.07, 6.45) is 5.28. The van der Waals surface area contributed by atoms with Gasteiger partial charge in [0, 0.05) is 30.6 Å². The molecular weight excluding hydrogens is 308 g/mol. The number of hydrogen-bond acceptors (Lipinski definition) is 4. The van der Waals surface area contributed by atoms with Crippen molar-refractivity contribution in [3.63, 3.8) is 0 Å². The first-order chi connectivity index (χ1) is 11.7. The highest BCUT2D eigenvalue weighted by molar-refractivity contribution is 5.75. The second kappa shape index (κ2) is 7.08. The van der Waals surface area contributed by atoms with Crippen LogP contribution < -0.4 is 5.32 Å². The van der Waals surface area contributed by atoms with E-state index in [9.17, 15) is 14.9 Å². The van der Waals surface area contributed by atoms with Crippen LogP contribution in [0, 0.1) is 10.1 Å². The van der Waals surface area contributed by atoms with Gasteiger partial charge in [0.15, 0.2) is 0 Å². The molecule has 0 saturated carbocycles. The molecule has 1 fully saturated rings. The van der Waals surface area contributed by atoms with Gasteiger partial charge in [0.25, 0.3) is 5.69 Å². The van der Waals surface area contributed by atoms with Crippen molar-refractivity contribution in [1.82, 2.24) is 15.2 Å². The molecule has 0 spiro atoms. The van der Waals surface area contributed by atoms with Gasteiger partial charge in [0.1, 0.15) is 0 Å². The molecule has 1 aliphatic rings. The fourth-order valence-electron chi connectivity index (χ4n) is 3.05. The molecule has 124 valence electrons. The third kappa shape index (κ3) is 3.34. The summed E-state index contributed by atoms with van der Waals surface area (Å²) in [6.45, 7) is 0.811. The Morgan fingerprint density at radius 3 is 2.79 bits per heavy atom. The molecule has 3 rings (SSSR count). The van der Waals surface area contributed by atoms with Gasteiger partial charge in [-0.1, -0.05) is 18.2 Å². The zero-order valence-corrected chi connectivity index (χ0v) is 13.1. The second-order valence-corrected chi connectivity index (χ2v) is 5.68. The molecule has 2 aromatic rings. The van der Waals surface area contributed by atoms with E-state index >= 15 is 0 Å². The lowest BCUT2D eigenvalue weighted by Crippen LogP contribution is -2.39. The Balaban J connectivity index is 1.68. The van der Waals surface area contributed by atoms with Crippen LogP contribution in [-0.4, -0.2) is 27.4 Å². The van der Waals surface area contributed by atoms with Gasteiger partial charge in [-0.25, -0.2) is 4.79 Å². The number of pyridine rings is 1. The summed E-state index contributed by atoms with van der Waals surface area (Å²) in [5.41, 5.74) is 1.57. The molecule has 1 aromatic heterocycles. The van der Waals surface area contributed by atoms with Crippen LogP contribution in [0.5, 0.6) is 0 Å². The van der Waals surface area contributed by atoms with E-state index in [2.05, 4.69) is 10.3 Å².